The van der Waals surface area contributed by atoms with Crippen molar-refractivity contribution in [3.05, 3.63) is 99.5 Å². The Morgan fingerprint density at radius 2 is 1.61 bits per heavy atom. The highest BCUT2D eigenvalue weighted by atomic mass is 35.5. The van der Waals surface area contributed by atoms with E-state index < -0.39 is 16.1 Å². The largest absolute Gasteiger partial charge is 0.354 e. The minimum Gasteiger partial charge on any atom is -0.354 e. The molecule has 0 radical (unpaired) electrons. The van der Waals surface area contributed by atoms with Crippen LogP contribution in [0.1, 0.15) is 42.9 Å². The lowest BCUT2D eigenvalue weighted by atomic mass is 10.0. The summed E-state index contributed by atoms with van der Waals surface area (Å²) in [6.45, 7) is 4.52. The van der Waals surface area contributed by atoms with Gasteiger partial charge in [-0.1, -0.05) is 78.7 Å². The lowest BCUT2D eigenvalue weighted by Gasteiger charge is -2.32. The Morgan fingerprint density at radius 1 is 0.927 bits per heavy atom. The predicted molar refractivity (Wildman–Crippen MR) is 167 cm³/mol. The van der Waals surface area contributed by atoms with E-state index in [9.17, 15) is 18.0 Å². The van der Waals surface area contributed by atoms with E-state index in [-0.39, 0.29) is 37.7 Å². The van der Waals surface area contributed by atoms with Gasteiger partial charge in [-0.05, 0) is 60.7 Å². The molecule has 0 saturated carbocycles. The Bertz CT molecular complexity index is 1420. The highest BCUT2D eigenvalue weighted by Gasteiger charge is 2.30. The zero-order valence-corrected chi connectivity index (χ0v) is 26.0. The number of hydrogen-bond acceptors (Lipinski definition) is 4. The van der Waals surface area contributed by atoms with Gasteiger partial charge in [-0.25, -0.2) is 8.42 Å². The number of carbonyl (C=O) groups is 2. The smallest absolute Gasteiger partial charge is 0.243 e. The molecule has 0 aliphatic heterocycles. The molecule has 0 aromatic heterocycles. The third kappa shape index (κ3) is 9.48. The second-order valence-electron chi connectivity index (χ2n) is 9.97. The third-order valence-electron chi connectivity index (χ3n) is 6.75. The van der Waals surface area contributed by atoms with Crippen LogP contribution in [0.5, 0.6) is 0 Å². The van der Waals surface area contributed by atoms with Crippen LogP contribution in [0, 0.1) is 6.92 Å². The average Bonchev–Trinajstić information content (AvgIpc) is 2.94. The SMILES string of the molecule is CCCNC(=O)[C@@H](Cc1ccccc1)N(Cc1ccc(Cl)cc1)C(=O)CCCN(c1cccc(Cl)c1C)S(C)(=O)=O. The summed E-state index contributed by atoms with van der Waals surface area (Å²) in [5.41, 5.74) is 2.88. The van der Waals surface area contributed by atoms with Crippen molar-refractivity contribution in [2.24, 2.45) is 0 Å². The molecule has 7 nitrogen and oxygen atoms in total. The summed E-state index contributed by atoms with van der Waals surface area (Å²) < 4.78 is 26.7. The van der Waals surface area contributed by atoms with Crippen molar-refractivity contribution in [1.82, 2.24) is 10.2 Å². The number of amides is 2. The molecule has 0 heterocycles. The second kappa shape index (κ2) is 15.2. The van der Waals surface area contributed by atoms with Crippen LogP contribution >= 0.6 is 23.2 Å². The van der Waals surface area contributed by atoms with Gasteiger partial charge >= 0.3 is 0 Å². The van der Waals surface area contributed by atoms with Gasteiger partial charge in [0.2, 0.25) is 21.8 Å². The first-order valence-electron chi connectivity index (χ1n) is 13.6. The van der Waals surface area contributed by atoms with Crippen molar-refractivity contribution in [2.45, 2.75) is 52.1 Å². The summed E-state index contributed by atoms with van der Waals surface area (Å²) in [4.78, 5) is 28.9. The standard InChI is InChI=1S/C31H37Cl2N3O4S/c1-4-19-34-31(38)29(21-24-10-6-5-7-11-24)35(22-25-15-17-26(32)18-16-25)30(37)14-9-20-36(41(3,39)40)28-13-8-12-27(33)23(28)2/h5-8,10-13,15-18,29H,4,9,14,19-22H2,1-3H3,(H,34,38)/t29-/m1/s1. The van der Waals surface area contributed by atoms with E-state index in [4.69, 9.17) is 23.2 Å². The van der Waals surface area contributed by atoms with E-state index in [0.717, 1.165) is 23.8 Å². The molecule has 220 valence electrons. The summed E-state index contributed by atoms with van der Waals surface area (Å²) in [6, 6.07) is 21.1. The molecular weight excluding hydrogens is 581 g/mol. The van der Waals surface area contributed by atoms with Crippen molar-refractivity contribution >= 4 is 50.7 Å². The highest BCUT2D eigenvalue weighted by molar-refractivity contribution is 7.92. The van der Waals surface area contributed by atoms with Crippen LogP contribution in [-0.2, 0) is 32.6 Å². The maximum atomic E-state index is 13.8. The molecule has 0 aliphatic rings. The molecule has 3 aromatic rings. The Morgan fingerprint density at radius 3 is 2.24 bits per heavy atom. The molecule has 1 atom stereocenters. The molecule has 3 aromatic carbocycles. The molecule has 10 heteroatoms. The van der Waals surface area contributed by atoms with E-state index in [0.29, 0.717) is 34.3 Å². The highest BCUT2D eigenvalue weighted by Crippen LogP contribution is 2.28. The molecule has 41 heavy (non-hydrogen) atoms. The first-order chi connectivity index (χ1) is 19.5. The second-order valence-corrected chi connectivity index (χ2v) is 12.7. The lowest BCUT2D eigenvalue weighted by molar-refractivity contribution is -0.141. The van der Waals surface area contributed by atoms with Gasteiger partial charge in [-0.2, -0.15) is 0 Å². The molecule has 3 rings (SSSR count). The number of hydrogen-bond donors (Lipinski definition) is 1. The Hall–Kier alpha value is -3.07. The normalized spacial score (nSPS) is 12.0. The van der Waals surface area contributed by atoms with Gasteiger partial charge in [0.25, 0.3) is 0 Å². The maximum Gasteiger partial charge on any atom is 0.243 e. The fraction of sp³-hybridized carbons (Fsp3) is 0.355. The number of nitrogens with one attached hydrogen (secondary N) is 1. The fourth-order valence-electron chi connectivity index (χ4n) is 4.56. The third-order valence-corrected chi connectivity index (χ3v) is 8.59. The molecule has 1 N–H and O–H groups in total. The van der Waals surface area contributed by atoms with Crippen LogP contribution in [0.4, 0.5) is 5.69 Å². The first-order valence-corrected chi connectivity index (χ1v) is 16.2. The zero-order chi connectivity index (χ0) is 30.0. The number of sulfonamides is 1. The van der Waals surface area contributed by atoms with Crippen LogP contribution in [0.3, 0.4) is 0 Å². The summed E-state index contributed by atoms with van der Waals surface area (Å²) in [7, 11) is -3.64. The topological polar surface area (TPSA) is 86.8 Å². The van der Waals surface area contributed by atoms with Gasteiger partial charge < -0.3 is 10.2 Å². The Balaban J connectivity index is 1.88. The van der Waals surface area contributed by atoms with Crippen LogP contribution in [0.15, 0.2) is 72.8 Å². The van der Waals surface area contributed by atoms with Crippen molar-refractivity contribution in [2.75, 3.05) is 23.7 Å². The van der Waals surface area contributed by atoms with E-state index >= 15 is 0 Å². The zero-order valence-electron chi connectivity index (χ0n) is 23.6. The van der Waals surface area contributed by atoms with Crippen LogP contribution in [-0.4, -0.2) is 50.5 Å². The van der Waals surface area contributed by atoms with Gasteiger partial charge in [0, 0.05) is 42.5 Å². The molecule has 0 spiro atoms. The number of benzene rings is 3. The van der Waals surface area contributed by atoms with Crippen molar-refractivity contribution in [3.63, 3.8) is 0 Å². The van der Waals surface area contributed by atoms with Crippen molar-refractivity contribution in [1.29, 1.82) is 0 Å². The summed E-state index contributed by atoms with van der Waals surface area (Å²) in [5, 5.41) is 3.99. The molecular formula is C31H37Cl2N3O4S. The minimum atomic E-state index is -3.64. The summed E-state index contributed by atoms with van der Waals surface area (Å²) in [5.74, 6) is -0.478. The Labute approximate surface area is 253 Å². The lowest BCUT2D eigenvalue weighted by Crippen LogP contribution is -2.50. The first kappa shape index (κ1) is 32.4. The number of halogens is 2. The molecule has 0 bridgehead atoms. The molecule has 2 amide bonds. The van der Waals surface area contributed by atoms with E-state index in [1.807, 2.05) is 49.4 Å². The van der Waals surface area contributed by atoms with Crippen molar-refractivity contribution < 1.29 is 18.0 Å². The van der Waals surface area contributed by atoms with E-state index in [2.05, 4.69) is 5.32 Å². The van der Waals surface area contributed by atoms with Gasteiger partial charge in [0.05, 0.1) is 11.9 Å². The number of carbonyl (C=O) groups excluding carboxylic acids is 2. The van der Waals surface area contributed by atoms with Crippen LogP contribution in [0.2, 0.25) is 10.0 Å². The summed E-state index contributed by atoms with van der Waals surface area (Å²) >= 11 is 12.3. The predicted octanol–water partition coefficient (Wildman–Crippen LogP) is 6.01. The monoisotopic (exact) mass is 617 g/mol. The van der Waals surface area contributed by atoms with Crippen molar-refractivity contribution in [3.8, 4) is 0 Å². The fourth-order valence-corrected chi connectivity index (χ4v) is 5.87. The van der Waals surface area contributed by atoms with Crippen LogP contribution in [0.25, 0.3) is 0 Å². The minimum absolute atomic E-state index is 0.0472. The molecule has 0 saturated heterocycles. The molecule has 0 aliphatic carbocycles. The van der Waals surface area contributed by atoms with Gasteiger partial charge in [-0.15, -0.1) is 0 Å². The van der Waals surface area contributed by atoms with Crippen LogP contribution < -0.4 is 9.62 Å². The van der Waals surface area contributed by atoms with Gasteiger partial charge in [0.1, 0.15) is 6.04 Å². The molecule has 0 unspecified atom stereocenters. The average molecular weight is 619 g/mol. The molecule has 0 fully saturated rings. The summed E-state index contributed by atoms with van der Waals surface area (Å²) in [6.07, 6.45) is 2.54. The Kier molecular flexibility index (Phi) is 12.1. The van der Waals surface area contributed by atoms with E-state index in [1.54, 1.807) is 42.2 Å². The van der Waals surface area contributed by atoms with E-state index in [1.165, 1.54) is 4.31 Å². The number of anilines is 1. The maximum absolute atomic E-state index is 13.8. The quantitative estimate of drug-likeness (QED) is 0.240. The van der Waals surface area contributed by atoms with Gasteiger partial charge in [0.15, 0.2) is 0 Å². The van der Waals surface area contributed by atoms with Gasteiger partial charge in [-0.3, -0.25) is 13.9 Å². The number of nitrogens with zero attached hydrogens (tertiary/aromatic N) is 2. The number of rotatable bonds is 14.